The molecule has 0 unspecified atom stereocenters. The average molecular weight is 452 g/mol. The summed E-state index contributed by atoms with van der Waals surface area (Å²) in [6.07, 6.45) is 0. The second kappa shape index (κ2) is 8.49. The number of para-hydroxylation sites is 2. The van der Waals surface area contributed by atoms with Crippen LogP contribution in [0.25, 0.3) is 10.2 Å². The molecule has 4 rings (SSSR count). The van der Waals surface area contributed by atoms with Gasteiger partial charge >= 0.3 is 0 Å². The van der Waals surface area contributed by atoms with Crippen molar-refractivity contribution >= 4 is 43.2 Å². The molecule has 158 valence electrons. The first kappa shape index (κ1) is 21.0. The van der Waals surface area contributed by atoms with Crippen LogP contribution in [0.5, 0.6) is 0 Å². The highest BCUT2D eigenvalue weighted by Gasteiger charge is 2.22. The van der Waals surface area contributed by atoms with Crippen LogP contribution in [-0.2, 0) is 16.6 Å². The molecule has 0 bridgehead atoms. The van der Waals surface area contributed by atoms with Crippen LogP contribution in [0.2, 0.25) is 0 Å². The standard InChI is InChI=1S/C23H21N3O3S2/c1-25(16-22-24-20-10-6-7-11-21(20)30-22)23(27)17-12-14-19(15-13-17)31(28,29)26(2)18-8-4-3-5-9-18/h3-15H,16H2,1-2H3. The Balaban J connectivity index is 1.49. The lowest BCUT2D eigenvalue weighted by atomic mass is 10.2. The Morgan fingerprint density at radius 3 is 2.23 bits per heavy atom. The fourth-order valence-corrected chi connectivity index (χ4v) is 5.40. The minimum Gasteiger partial charge on any atom is -0.335 e. The summed E-state index contributed by atoms with van der Waals surface area (Å²) < 4.78 is 28.1. The number of thiazole rings is 1. The number of anilines is 1. The lowest BCUT2D eigenvalue weighted by molar-refractivity contribution is 0.0785. The number of amides is 1. The number of rotatable bonds is 6. The second-order valence-corrected chi connectivity index (χ2v) is 10.2. The lowest BCUT2D eigenvalue weighted by Gasteiger charge is -2.20. The molecule has 0 radical (unpaired) electrons. The van der Waals surface area contributed by atoms with Crippen molar-refractivity contribution in [3.05, 3.63) is 89.4 Å². The highest BCUT2D eigenvalue weighted by molar-refractivity contribution is 7.92. The van der Waals surface area contributed by atoms with Crippen molar-refractivity contribution in [3.63, 3.8) is 0 Å². The molecular weight excluding hydrogens is 430 g/mol. The van der Waals surface area contributed by atoms with Crippen molar-refractivity contribution in [1.29, 1.82) is 0 Å². The van der Waals surface area contributed by atoms with Crippen LogP contribution >= 0.6 is 11.3 Å². The van der Waals surface area contributed by atoms with Crippen LogP contribution < -0.4 is 4.31 Å². The van der Waals surface area contributed by atoms with E-state index in [0.29, 0.717) is 17.8 Å². The third-order valence-electron chi connectivity index (χ3n) is 4.94. The topological polar surface area (TPSA) is 70.6 Å². The van der Waals surface area contributed by atoms with Crippen molar-refractivity contribution in [3.8, 4) is 0 Å². The Hall–Kier alpha value is -3.23. The van der Waals surface area contributed by atoms with Gasteiger partial charge in [0.2, 0.25) is 0 Å². The van der Waals surface area contributed by atoms with Gasteiger partial charge in [0.1, 0.15) is 5.01 Å². The molecule has 0 fully saturated rings. The smallest absolute Gasteiger partial charge is 0.264 e. The van der Waals surface area contributed by atoms with Gasteiger partial charge in [0.05, 0.1) is 27.3 Å². The number of aromatic nitrogens is 1. The Kier molecular flexibility index (Phi) is 5.75. The van der Waals surface area contributed by atoms with Gasteiger partial charge in [-0.3, -0.25) is 9.10 Å². The van der Waals surface area contributed by atoms with E-state index < -0.39 is 10.0 Å². The summed E-state index contributed by atoms with van der Waals surface area (Å²) in [5.74, 6) is -0.195. The van der Waals surface area contributed by atoms with Crippen molar-refractivity contribution in [1.82, 2.24) is 9.88 Å². The molecule has 0 saturated carbocycles. The summed E-state index contributed by atoms with van der Waals surface area (Å²) in [6.45, 7) is 0.384. The molecule has 0 aliphatic rings. The molecule has 0 atom stereocenters. The molecule has 1 amide bonds. The van der Waals surface area contributed by atoms with Crippen LogP contribution in [0, 0.1) is 0 Å². The zero-order valence-electron chi connectivity index (χ0n) is 17.1. The molecule has 4 aromatic rings. The minimum atomic E-state index is -3.72. The van der Waals surface area contributed by atoms with Crippen LogP contribution in [-0.4, -0.2) is 38.3 Å². The Morgan fingerprint density at radius 1 is 0.903 bits per heavy atom. The van der Waals surface area contributed by atoms with Gasteiger partial charge in [-0.25, -0.2) is 13.4 Å². The van der Waals surface area contributed by atoms with Crippen molar-refractivity contribution in [2.75, 3.05) is 18.4 Å². The average Bonchev–Trinajstić information content (AvgIpc) is 3.21. The van der Waals surface area contributed by atoms with E-state index >= 15 is 0 Å². The predicted octanol–water partition coefficient (Wildman–Crippen LogP) is 4.39. The molecule has 0 aliphatic carbocycles. The molecule has 1 aromatic heterocycles. The molecule has 0 spiro atoms. The number of hydrogen-bond acceptors (Lipinski definition) is 5. The Labute approximate surface area is 185 Å². The third-order valence-corrected chi connectivity index (χ3v) is 7.76. The Bertz CT molecular complexity index is 1280. The van der Waals surface area contributed by atoms with E-state index in [9.17, 15) is 13.2 Å². The van der Waals surface area contributed by atoms with Gasteiger partial charge in [0, 0.05) is 19.7 Å². The zero-order chi connectivity index (χ0) is 22.0. The number of sulfonamides is 1. The number of nitrogens with zero attached hydrogens (tertiary/aromatic N) is 3. The number of benzene rings is 3. The molecule has 0 aliphatic heterocycles. The van der Waals surface area contributed by atoms with Crippen LogP contribution in [0.15, 0.2) is 83.8 Å². The first-order valence-electron chi connectivity index (χ1n) is 9.60. The first-order chi connectivity index (χ1) is 14.9. The van der Waals surface area contributed by atoms with Gasteiger partial charge in [-0.2, -0.15) is 0 Å². The van der Waals surface area contributed by atoms with Crippen molar-refractivity contribution in [2.24, 2.45) is 0 Å². The van der Waals surface area contributed by atoms with E-state index in [4.69, 9.17) is 0 Å². The Morgan fingerprint density at radius 2 is 1.55 bits per heavy atom. The summed E-state index contributed by atoms with van der Waals surface area (Å²) >= 11 is 1.56. The molecule has 0 N–H and O–H groups in total. The lowest BCUT2D eigenvalue weighted by Crippen LogP contribution is -2.27. The van der Waals surface area contributed by atoms with Crippen LogP contribution in [0.1, 0.15) is 15.4 Å². The quantitative estimate of drug-likeness (QED) is 0.436. The number of fused-ring (bicyclic) bond motifs is 1. The SMILES string of the molecule is CN(Cc1nc2ccccc2s1)C(=O)c1ccc(S(=O)(=O)N(C)c2ccccc2)cc1. The summed E-state index contributed by atoms with van der Waals surface area (Å²) in [5.41, 5.74) is 1.91. The van der Waals surface area contributed by atoms with Gasteiger partial charge in [-0.1, -0.05) is 30.3 Å². The predicted molar refractivity (Wildman–Crippen MR) is 124 cm³/mol. The van der Waals surface area contributed by atoms with E-state index in [-0.39, 0.29) is 10.8 Å². The van der Waals surface area contributed by atoms with E-state index in [1.54, 1.807) is 59.7 Å². The molecule has 6 nitrogen and oxygen atoms in total. The summed E-state index contributed by atoms with van der Waals surface area (Å²) in [4.78, 5) is 19.1. The fraction of sp³-hybridized carbons (Fsp3) is 0.130. The third kappa shape index (κ3) is 4.30. The van der Waals surface area contributed by atoms with E-state index in [1.165, 1.54) is 23.5 Å². The first-order valence-corrected chi connectivity index (χ1v) is 11.9. The molecule has 1 heterocycles. The molecule has 0 saturated heterocycles. The van der Waals surface area contributed by atoms with Gasteiger partial charge in [0.15, 0.2) is 0 Å². The van der Waals surface area contributed by atoms with E-state index in [1.807, 2.05) is 30.3 Å². The fourth-order valence-electron chi connectivity index (χ4n) is 3.19. The maximum Gasteiger partial charge on any atom is 0.264 e. The summed E-state index contributed by atoms with van der Waals surface area (Å²) in [5, 5.41) is 0.848. The van der Waals surface area contributed by atoms with Crippen molar-refractivity contribution < 1.29 is 13.2 Å². The molecule has 8 heteroatoms. The van der Waals surface area contributed by atoms with Crippen LogP contribution in [0.3, 0.4) is 0 Å². The number of hydrogen-bond donors (Lipinski definition) is 0. The summed E-state index contributed by atoms with van der Waals surface area (Å²) in [7, 11) is -0.498. The maximum absolute atomic E-state index is 12.9. The monoisotopic (exact) mass is 451 g/mol. The van der Waals surface area contributed by atoms with Crippen LogP contribution in [0.4, 0.5) is 5.69 Å². The van der Waals surface area contributed by atoms with E-state index in [0.717, 1.165) is 15.2 Å². The second-order valence-electron chi connectivity index (χ2n) is 7.07. The highest BCUT2D eigenvalue weighted by atomic mass is 32.2. The zero-order valence-corrected chi connectivity index (χ0v) is 18.7. The minimum absolute atomic E-state index is 0.129. The van der Waals surface area contributed by atoms with Gasteiger partial charge in [0.25, 0.3) is 15.9 Å². The summed E-state index contributed by atoms with van der Waals surface area (Å²) in [6, 6.07) is 22.7. The normalized spacial score (nSPS) is 11.4. The highest BCUT2D eigenvalue weighted by Crippen LogP contribution is 2.24. The largest absolute Gasteiger partial charge is 0.335 e. The molecule has 3 aromatic carbocycles. The van der Waals surface area contributed by atoms with Gasteiger partial charge < -0.3 is 4.90 Å². The maximum atomic E-state index is 12.9. The van der Waals surface area contributed by atoms with Crippen molar-refractivity contribution in [2.45, 2.75) is 11.4 Å². The molecular formula is C23H21N3O3S2. The van der Waals surface area contributed by atoms with E-state index in [2.05, 4.69) is 4.98 Å². The number of carbonyl (C=O) groups excluding carboxylic acids is 1. The number of carbonyl (C=O) groups is 1. The van der Waals surface area contributed by atoms with Gasteiger partial charge in [-0.05, 0) is 48.5 Å². The molecule has 31 heavy (non-hydrogen) atoms. The van der Waals surface area contributed by atoms with Gasteiger partial charge in [-0.15, -0.1) is 11.3 Å².